The molecular formula is C24H28N2O5S. The summed E-state index contributed by atoms with van der Waals surface area (Å²) in [7, 11) is -4.03. The van der Waals surface area contributed by atoms with Gasteiger partial charge in [0.1, 0.15) is 11.3 Å². The van der Waals surface area contributed by atoms with E-state index >= 15 is 0 Å². The number of hydrogen-bond acceptors (Lipinski definition) is 5. The van der Waals surface area contributed by atoms with E-state index in [1.165, 1.54) is 12.1 Å². The molecule has 170 valence electrons. The zero-order valence-corrected chi connectivity index (χ0v) is 19.1. The summed E-state index contributed by atoms with van der Waals surface area (Å²) in [6.45, 7) is 7.14. The molecule has 0 amide bonds. The number of benzene rings is 2. The average Bonchev–Trinajstić information content (AvgIpc) is 3.56. The fourth-order valence-electron chi connectivity index (χ4n) is 4.22. The lowest BCUT2D eigenvalue weighted by Crippen LogP contribution is -2.22. The lowest BCUT2D eigenvalue weighted by atomic mass is 10.0. The van der Waals surface area contributed by atoms with Gasteiger partial charge in [-0.05, 0) is 48.7 Å². The molecule has 0 radical (unpaired) electrons. The Morgan fingerprint density at radius 1 is 1.22 bits per heavy atom. The number of likely N-dealkylation sites (N-methyl/N-ethyl adjacent to an activating group) is 1. The number of nitrogens with zero attached hydrogens (tertiary/aromatic N) is 1. The van der Waals surface area contributed by atoms with Crippen LogP contribution in [0.2, 0.25) is 0 Å². The van der Waals surface area contributed by atoms with Crippen LogP contribution in [0, 0.1) is 5.92 Å². The monoisotopic (exact) mass is 456 g/mol. The van der Waals surface area contributed by atoms with Crippen molar-refractivity contribution in [3.8, 4) is 5.75 Å². The van der Waals surface area contributed by atoms with Gasteiger partial charge in [-0.15, -0.1) is 0 Å². The minimum atomic E-state index is -4.03. The highest BCUT2D eigenvalue weighted by Gasteiger charge is 2.45. The van der Waals surface area contributed by atoms with Gasteiger partial charge in [0.05, 0.1) is 17.2 Å². The van der Waals surface area contributed by atoms with Gasteiger partial charge in [-0.25, -0.2) is 13.2 Å². The first-order valence-electron chi connectivity index (χ1n) is 10.9. The van der Waals surface area contributed by atoms with Gasteiger partial charge in [0.25, 0.3) is 10.0 Å². The molecule has 0 aromatic heterocycles. The van der Waals surface area contributed by atoms with E-state index in [4.69, 9.17) is 4.74 Å². The van der Waals surface area contributed by atoms with Crippen LogP contribution in [-0.4, -0.2) is 50.6 Å². The van der Waals surface area contributed by atoms with Gasteiger partial charge in [-0.3, -0.25) is 4.72 Å². The van der Waals surface area contributed by atoms with E-state index in [0.717, 1.165) is 25.1 Å². The first kappa shape index (κ1) is 22.4. The van der Waals surface area contributed by atoms with Gasteiger partial charge in [-0.1, -0.05) is 50.3 Å². The molecule has 1 saturated carbocycles. The van der Waals surface area contributed by atoms with Crippen LogP contribution < -0.4 is 9.46 Å². The minimum absolute atomic E-state index is 0.0114. The second kappa shape index (κ2) is 8.96. The number of carboxylic acids is 1. The number of carboxylic acid groups (broad SMARTS) is 1. The number of anilines is 1. The van der Waals surface area contributed by atoms with Gasteiger partial charge in [-0.2, -0.15) is 0 Å². The van der Waals surface area contributed by atoms with E-state index in [1.54, 1.807) is 30.3 Å². The molecular weight excluding hydrogens is 428 g/mol. The van der Waals surface area contributed by atoms with E-state index < -0.39 is 16.0 Å². The number of hydrogen-bond donors (Lipinski definition) is 2. The zero-order chi connectivity index (χ0) is 22.9. The summed E-state index contributed by atoms with van der Waals surface area (Å²) < 4.78 is 34.7. The smallest absolute Gasteiger partial charge is 0.341 e. The first-order valence-corrected chi connectivity index (χ1v) is 12.4. The standard InChI is InChI=1S/C24H28N2O5S/c1-3-26(4-2)13-7-9-16-8-5-6-10-21(16)32(29,30)25-20-12-11-18-19-14-17(19)15-31-23(18)22(20)24(27)28/h5-12,17,19,25H,3-4,13-15H2,1-2H3,(H,27,28)/b9-7-/t17-,19-/m0/s1. The van der Waals surface area contributed by atoms with Crippen molar-refractivity contribution in [3.63, 3.8) is 0 Å². The zero-order valence-electron chi connectivity index (χ0n) is 18.2. The third kappa shape index (κ3) is 4.38. The molecule has 1 heterocycles. The molecule has 2 aromatic carbocycles. The molecule has 32 heavy (non-hydrogen) atoms. The van der Waals surface area contributed by atoms with Crippen LogP contribution in [0.1, 0.15) is 47.7 Å². The van der Waals surface area contributed by atoms with E-state index in [9.17, 15) is 18.3 Å². The molecule has 2 aromatic rings. The van der Waals surface area contributed by atoms with Crippen molar-refractivity contribution in [1.29, 1.82) is 0 Å². The molecule has 0 bridgehead atoms. The Labute approximate surface area is 188 Å². The Bertz CT molecular complexity index is 1150. The van der Waals surface area contributed by atoms with Gasteiger partial charge >= 0.3 is 5.97 Å². The fraction of sp³-hybridized carbons (Fsp3) is 0.375. The van der Waals surface area contributed by atoms with E-state index in [2.05, 4.69) is 23.5 Å². The van der Waals surface area contributed by atoms with Crippen LogP contribution in [0.15, 0.2) is 47.4 Å². The lowest BCUT2D eigenvalue weighted by Gasteiger charge is -2.21. The molecule has 2 aliphatic rings. The van der Waals surface area contributed by atoms with E-state index in [-0.39, 0.29) is 21.9 Å². The molecule has 7 nitrogen and oxygen atoms in total. The Kier molecular flexibility index (Phi) is 6.26. The molecule has 1 fully saturated rings. The minimum Gasteiger partial charge on any atom is -0.492 e. The highest BCUT2D eigenvalue weighted by molar-refractivity contribution is 7.92. The third-order valence-corrected chi connectivity index (χ3v) is 7.61. The number of sulfonamides is 1. The normalized spacial score (nSPS) is 19.3. The maximum absolute atomic E-state index is 13.3. The maximum Gasteiger partial charge on any atom is 0.341 e. The molecule has 8 heteroatoms. The van der Waals surface area contributed by atoms with Gasteiger partial charge in [0.15, 0.2) is 0 Å². The maximum atomic E-state index is 13.3. The second-order valence-corrected chi connectivity index (χ2v) is 9.81. The molecule has 0 saturated heterocycles. The van der Waals surface area contributed by atoms with Gasteiger partial charge in [0.2, 0.25) is 0 Å². The lowest BCUT2D eigenvalue weighted by molar-refractivity contribution is 0.0692. The Morgan fingerprint density at radius 3 is 2.69 bits per heavy atom. The molecule has 0 spiro atoms. The summed E-state index contributed by atoms with van der Waals surface area (Å²) in [5.74, 6) is -0.198. The van der Waals surface area contributed by atoms with Gasteiger partial charge < -0.3 is 14.7 Å². The van der Waals surface area contributed by atoms with Crippen molar-refractivity contribution in [3.05, 3.63) is 59.2 Å². The number of fused-ring (bicyclic) bond motifs is 3. The summed E-state index contributed by atoms with van der Waals surface area (Å²) in [5, 5.41) is 9.83. The summed E-state index contributed by atoms with van der Waals surface area (Å²) in [4.78, 5) is 14.3. The highest BCUT2D eigenvalue weighted by atomic mass is 32.2. The van der Waals surface area contributed by atoms with Crippen molar-refractivity contribution >= 4 is 27.8 Å². The Hall–Kier alpha value is -2.84. The number of carbonyl (C=O) groups is 1. The molecule has 4 rings (SSSR count). The topological polar surface area (TPSA) is 95.9 Å². The van der Waals surface area contributed by atoms with Crippen molar-refractivity contribution in [2.24, 2.45) is 5.92 Å². The van der Waals surface area contributed by atoms with Crippen LogP contribution in [0.25, 0.3) is 6.08 Å². The van der Waals surface area contributed by atoms with Crippen LogP contribution in [-0.2, 0) is 10.0 Å². The quantitative estimate of drug-likeness (QED) is 0.591. The summed E-state index contributed by atoms with van der Waals surface area (Å²) in [6, 6.07) is 9.98. The summed E-state index contributed by atoms with van der Waals surface area (Å²) in [6.07, 6.45) is 4.70. The van der Waals surface area contributed by atoms with Crippen LogP contribution >= 0.6 is 0 Å². The van der Waals surface area contributed by atoms with Crippen molar-refractivity contribution in [2.45, 2.75) is 31.1 Å². The van der Waals surface area contributed by atoms with Crippen molar-refractivity contribution in [1.82, 2.24) is 4.90 Å². The molecule has 2 atom stereocenters. The molecule has 1 aliphatic carbocycles. The summed E-state index contributed by atoms with van der Waals surface area (Å²) >= 11 is 0. The second-order valence-electron chi connectivity index (χ2n) is 8.16. The third-order valence-electron chi connectivity index (χ3n) is 6.17. The number of nitrogens with one attached hydrogen (secondary N) is 1. The average molecular weight is 457 g/mol. The molecule has 0 unspecified atom stereocenters. The molecule has 2 N–H and O–H groups in total. The van der Waals surface area contributed by atoms with Crippen LogP contribution in [0.5, 0.6) is 5.75 Å². The van der Waals surface area contributed by atoms with E-state index in [1.807, 2.05) is 6.08 Å². The fourth-order valence-corrected chi connectivity index (χ4v) is 5.49. The predicted molar refractivity (Wildman–Crippen MR) is 124 cm³/mol. The predicted octanol–water partition coefficient (Wildman–Crippen LogP) is 4.04. The molecule has 1 aliphatic heterocycles. The number of ether oxygens (including phenoxy) is 1. The van der Waals surface area contributed by atoms with Crippen LogP contribution in [0.3, 0.4) is 0 Å². The van der Waals surface area contributed by atoms with Crippen LogP contribution in [0.4, 0.5) is 5.69 Å². The number of aromatic carboxylic acids is 1. The summed E-state index contributed by atoms with van der Waals surface area (Å²) in [5.41, 5.74) is 1.27. The number of rotatable bonds is 9. The largest absolute Gasteiger partial charge is 0.492 e. The van der Waals surface area contributed by atoms with Gasteiger partial charge in [0, 0.05) is 12.5 Å². The SMILES string of the molecule is CCN(CC)C/C=C\c1ccccc1S(=O)(=O)Nc1ccc2c(c1C(=O)O)OC[C@@H]1C[C@H]21. The van der Waals surface area contributed by atoms with Crippen molar-refractivity contribution in [2.75, 3.05) is 31.0 Å². The first-order chi connectivity index (χ1) is 15.4. The van der Waals surface area contributed by atoms with Crippen molar-refractivity contribution < 1.29 is 23.1 Å². The Balaban J connectivity index is 1.65. The highest BCUT2D eigenvalue weighted by Crippen LogP contribution is 2.55. The van der Waals surface area contributed by atoms with E-state index in [0.29, 0.717) is 30.6 Å². The Morgan fingerprint density at radius 2 is 1.97 bits per heavy atom.